The zero-order chi connectivity index (χ0) is 57.9. The number of fused-ring (bicyclic) bond motifs is 4. The van der Waals surface area contributed by atoms with Crippen LogP contribution in [0.25, 0.3) is 43.1 Å². The molecule has 0 radical (unpaired) electrons. The van der Waals surface area contributed by atoms with Crippen molar-refractivity contribution < 1.29 is 0 Å². The average Bonchev–Trinajstić information content (AvgIpc) is 2.00. The first-order valence-corrected chi connectivity index (χ1v) is 29.7. The number of hydrogen-bond donors (Lipinski definition) is 0. The van der Waals surface area contributed by atoms with Crippen molar-refractivity contribution >= 4 is 128 Å². The molecule has 0 aliphatic carbocycles. The van der Waals surface area contributed by atoms with Gasteiger partial charge < -0.3 is 24.5 Å². The van der Waals surface area contributed by atoms with Gasteiger partial charge in [-0.3, -0.25) is 0 Å². The molecule has 0 atom stereocenters. The highest BCUT2D eigenvalue weighted by Gasteiger charge is 2.26. The van der Waals surface area contributed by atoms with Gasteiger partial charge in [0.2, 0.25) is 0 Å². The summed E-state index contributed by atoms with van der Waals surface area (Å²) in [5.41, 5.74) is 16.2. The summed E-state index contributed by atoms with van der Waals surface area (Å²) >= 11 is 0. The lowest BCUT2D eigenvalue weighted by Gasteiger charge is -2.32. The average molecular weight is 1110 g/mol. The summed E-state index contributed by atoms with van der Waals surface area (Å²) in [6, 6.07) is 129. The van der Waals surface area contributed by atoms with Crippen LogP contribution in [0, 0.1) is 0 Å². The fourth-order valence-corrected chi connectivity index (χ4v) is 12.8. The molecule has 0 amide bonds. The lowest BCUT2D eigenvalue weighted by Crippen LogP contribution is -2.14. The molecule has 15 aromatic rings. The minimum atomic E-state index is 1.05. The summed E-state index contributed by atoms with van der Waals surface area (Å²) in [7, 11) is 0. The first-order chi connectivity index (χ1) is 43.2. The van der Waals surface area contributed by atoms with Crippen molar-refractivity contribution in [3.05, 3.63) is 358 Å². The molecule has 87 heavy (non-hydrogen) atoms. The summed E-state index contributed by atoms with van der Waals surface area (Å²) in [5, 5.41) is 9.03. The summed E-state index contributed by atoms with van der Waals surface area (Å²) in [6.07, 6.45) is 0. The zero-order valence-corrected chi connectivity index (χ0v) is 47.8. The molecule has 0 aliphatic heterocycles. The largest absolute Gasteiger partial charge is 0.310 e. The maximum absolute atomic E-state index is 2.45. The fourth-order valence-electron chi connectivity index (χ4n) is 12.8. The topological polar surface area (TPSA) is 16.2 Å². The Morgan fingerprint density at radius 1 is 0.103 bits per heavy atom. The highest BCUT2D eigenvalue weighted by atomic mass is 15.2. The van der Waals surface area contributed by atoms with Gasteiger partial charge in [-0.1, -0.05) is 224 Å². The third-order valence-corrected chi connectivity index (χ3v) is 16.5. The van der Waals surface area contributed by atoms with Crippen molar-refractivity contribution in [3.8, 4) is 0 Å². The van der Waals surface area contributed by atoms with Gasteiger partial charge in [0.15, 0.2) is 0 Å². The van der Waals surface area contributed by atoms with Gasteiger partial charge in [0.1, 0.15) is 0 Å². The van der Waals surface area contributed by atoms with Gasteiger partial charge in [0.25, 0.3) is 0 Å². The lowest BCUT2D eigenvalue weighted by atomic mass is 9.99. The Morgan fingerprint density at radius 3 is 0.379 bits per heavy atom. The normalized spacial score (nSPS) is 11.2. The van der Waals surface area contributed by atoms with E-state index in [-0.39, 0.29) is 0 Å². The third kappa shape index (κ3) is 9.69. The standard InChI is InChI=1S/C82H59N5/c1-8-30-60(31-9-1)83(61-32-10-2-11-33-61)75-52-22-46-69-67(75)44-24-54-77(69)85(64-38-16-5-17-39-64)79-56-26-50-73-71(79)48-28-58-81(73)87(66-42-20-7-21-43-66)82-59-29-49-72-74(82)51-27-57-80(72)86(65-40-18-6-19-41-65)78-55-25-45-68-70(78)47-23-53-76(68)84(62-34-12-3-13-35-62)63-36-14-4-15-37-63/h1-59H. The Bertz CT molecular complexity index is 4500. The van der Waals surface area contributed by atoms with Gasteiger partial charge in [0.05, 0.1) is 45.5 Å². The zero-order valence-electron chi connectivity index (χ0n) is 47.8. The number of para-hydroxylation sites is 7. The molecular weight excluding hydrogens is 1050 g/mol. The van der Waals surface area contributed by atoms with Crippen molar-refractivity contribution in [2.45, 2.75) is 0 Å². The smallest absolute Gasteiger partial charge is 0.0541 e. The molecule has 0 saturated carbocycles. The van der Waals surface area contributed by atoms with E-state index in [4.69, 9.17) is 0 Å². The Kier molecular flexibility index (Phi) is 13.9. The molecule has 0 heterocycles. The molecular formula is C82H59N5. The maximum atomic E-state index is 2.45. The van der Waals surface area contributed by atoms with Crippen molar-refractivity contribution in [3.63, 3.8) is 0 Å². The van der Waals surface area contributed by atoms with E-state index in [0.29, 0.717) is 0 Å². The predicted octanol–water partition coefficient (Wildman–Crippen LogP) is 23.6. The van der Waals surface area contributed by atoms with Crippen LogP contribution in [0.5, 0.6) is 0 Å². The number of hydrogen-bond acceptors (Lipinski definition) is 5. The summed E-state index contributed by atoms with van der Waals surface area (Å²) in [6.45, 7) is 0. The van der Waals surface area contributed by atoms with Crippen LogP contribution in [0.4, 0.5) is 85.3 Å². The molecule has 15 aromatic carbocycles. The van der Waals surface area contributed by atoms with E-state index in [0.717, 1.165) is 128 Å². The van der Waals surface area contributed by atoms with Crippen LogP contribution in [0.2, 0.25) is 0 Å². The lowest BCUT2D eigenvalue weighted by molar-refractivity contribution is 1.29. The van der Waals surface area contributed by atoms with Crippen molar-refractivity contribution in [1.82, 2.24) is 0 Å². The van der Waals surface area contributed by atoms with Crippen LogP contribution < -0.4 is 24.5 Å². The SMILES string of the molecule is c1ccc(N(c2ccccc2)c2cccc3c(N(c4ccccc4)c4cccc5c(N(c6ccccc6)c6cccc7c(N(c8ccccc8)c8cccc9c(N(c%10ccccc%10)c%10ccccc%10)cccc89)cccc67)cccc45)cccc23)cc1. The van der Waals surface area contributed by atoms with E-state index >= 15 is 0 Å². The molecule has 0 aliphatic rings. The molecule has 0 saturated heterocycles. The first-order valence-electron chi connectivity index (χ1n) is 29.7. The van der Waals surface area contributed by atoms with Crippen LogP contribution in [0.15, 0.2) is 358 Å². The second-order valence-electron chi connectivity index (χ2n) is 21.6. The van der Waals surface area contributed by atoms with Crippen molar-refractivity contribution in [1.29, 1.82) is 0 Å². The van der Waals surface area contributed by atoms with Gasteiger partial charge in [-0.25, -0.2) is 0 Å². The number of nitrogens with zero attached hydrogens (tertiary/aromatic N) is 5. The molecule has 5 nitrogen and oxygen atoms in total. The summed E-state index contributed by atoms with van der Waals surface area (Å²) in [4.78, 5) is 12.1. The second-order valence-corrected chi connectivity index (χ2v) is 21.6. The molecule has 0 N–H and O–H groups in total. The second kappa shape index (κ2) is 23.2. The quantitative estimate of drug-likeness (QED) is 0.101. The Hall–Kier alpha value is -11.7. The summed E-state index contributed by atoms with van der Waals surface area (Å²) < 4.78 is 0. The van der Waals surface area contributed by atoms with Gasteiger partial charge in [-0.05, 0) is 133 Å². The van der Waals surface area contributed by atoms with E-state index in [1.165, 1.54) is 0 Å². The van der Waals surface area contributed by atoms with Crippen LogP contribution >= 0.6 is 0 Å². The van der Waals surface area contributed by atoms with Gasteiger partial charge >= 0.3 is 0 Å². The molecule has 0 fully saturated rings. The van der Waals surface area contributed by atoms with Gasteiger partial charge in [-0.2, -0.15) is 0 Å². The third-order valence-electron chi connectivity index (χ3n) is 16.5. The van der Waals surface area contributed by atoms with Gasteiger partial charge in [-0.15, -0.1) is 0 Å². The molecule has 5 heteroatoms. The minimum absolute atomic E-state index is 1.05. The highest BCUT2D eigenvalue weighted by molar-refractivity contribution is 6.15. The van der Waals surface area contributed by atoms with Crippen LogP contribution in [0.1, 0.15) is 0 Å². The molecule has 0 unspecified atom stereocenters. The van der Waals surface area contributed by atoms with Crippen LogP contribution in [0.3, 0.4) is 0 Å². The monoisotopic (exact) mass is 1110 g/mol. The van der Waals surface area contributed by atoms with E-state index in [1.54, 1.807) is 0 Å². The molecule has 0 spiro atoms. The Labute approximate surface area is 508 Å². The van der Waals surface area contributed by atoms with E-state index in [9.17, 15) is 0 Å². The highest BCUT2D eigenvalue weighted by Crippen LogP contribution is 2.51. The number of benzene rings is 15. The van der Waals surface area contributed by atoms with Crippen molar-refractivity contribution in [2.24, 2.45) is 0 Å². The maximum Gasteiger partial charge on any atom is 0.0541 e. The molecule has 15 rings (SSSR count). The van der Waals surface area contributed by atoms with E-state index < -0.39 is 0 Å². The van der Waals surface area contributed by atoms with Gasteiger partial charge in [0, 0.05) is 82.9 Å². The van der Waals surface area contributed by atoms with Crippen LogP contribution in [-0.2, 0) is 0 Å². The molecule has 0 bridgehead atoms. The summed E-state index contributed by atoms with van der Waals surface area (Å²) in [5.74, 6) is 0. The van der Waals surface area contributed by atoms with Crippen LogP contribution in [-0.4, -0.2) is 0 Å². The predicted molar refractivity (Wildman–Crippen MR) is 370 cm³/mol. The molecule has 412 valence electrons. The number of anilines is 15. The minimum Gasteiger partial charge on any atom is -0.310 e. The first kappa shape index (κ1) is 52.2. The van der Waals surface area contributed by atoms with E-state index in [2.05, 4.69) is 382 Å². The Balaban J connectivity index is 0.899. The van der Waals surface area contributed by atoms with E-state index in [1.807, 2.05) is 0 Å². The molecule has 0 aromatic heterocycles. The van der Waals surface area contributed by atoms with Crippen molar-refractivity contribution in [2.75, 3.05) is 24.5 Å². The fraction of sp³-hybridized carbons (Fsp3) is 0. The Morgan fingerprint density at radius 2 is 0.230 bits per heavy atom. The number of rotatable bonds is 15.